The normalized spacial score (nSPS) is 20.9. The smallest absolute Gasteiger partial charge is 0.427 e. The lowest BCUT2D eigenvalue weighted by molar-refractivity contribution is -0.215. The minimum absolute atomic E-state index is 0.249. The topological polar surface area (TPSA) is 62.2 Å². The average molecular weight is 449 g/mol. The van der Waals surface area contributed by atoms with Gasteiger partial charge in [0.05, 0.1) is 18.8 Å². The van der Waals surface area contributed by atoms with Gasteiger partial charge in [0.2, 0.25) is 6.10 Å². The van der Waals surface area contributed by atoms with E-state index < -0.39 is 30.6 Å². The average Bonchev–Trinajstić information content (AvgIpc) is 2.71. The molecule has 1 N–H and O–H groups in total. The van der Waals surface area contributed by atoms with Crippen LogP contribution in [0.4, 0.5) is 18.0 Å². The molecule has 2 aliphatic rings. The van der Waals surface area contributed by atoms with Crippen LogP contribution < -0.4 is 0 Å². The van der Waals surface area contributed by atoms with E-state index in [1.807, 2.05) is 6.07 Å². The van der Waals surface area contributed by atoms with Gasteiger partial charge in [-0.15, -0.1) is 0 Å². The second-order valence-corrected chi connectivity index (χ2v) is 8.74. The first-order valence-corrected chi connectivity index (χ1v) is 10.8. The number of carbonyl (C=O) groups excluding carboxylic acids is 1. The number of alkyl halides is 3. The molecule has 1 unspecified atom stereocenters. The van der Waals surface area contributed by atoms with Gasteiger partial charge in [0.15, 0.2) is 0 Å². The minimum Gasteiger partial charge on any atom is -0.434 e. The van der Waals surface area contributed by atoms with E-state index in [2.05, 4.69) is 34.2 Å². The Balaban J connectivity index is 1.54. The zero-order chi connectivity index (χ0) is 21.8. The molecule has 3 rings (SSSR count). The summed E-state index contributed by atoms with van der Waals surface area (Å²) in [7, 11) is 0. The van der Waals surface area contributed by atoms with Crippen LogP contribution in [0.25, 0.3) is 0 Å². The van der Waals surface area contributed by atoms with Crippen molar-refractivity contribution in [2.24, 2.45) is 0 Å². The van der Waals surface area contributed by atoms with E-state index in [1.54, 1.807) is 11.9 Å². The van der Waals surface area contributed by atoms with E-state index >= 15 is 0 Å². The first kappa shape index (κ1) is 23.2. The molecular weight excluding hydrogens is 421 g/mol. The number of aliphatic hydroxyl groups is 1. The van der Waals surface area contributed by atoms with Crippen LogP contribution in [0, 0.1) is 0 Å². The van der Waals surface area contributed by atoms with Gasteiger partial charge in [-0.2, -0.15) is 13.2 Å². The number of likely N-dealkylation sites (tertiary alicyclic amines) is 1. The SMILES string of the molecule is CCc1cccc(SN2CCOC3(CCN(C(=O)OC(CO)C(F)(F)F)CC3)C2)c1. The van der Waals surface area contributed by atoms with Crippen LogP contribution in [0.15, 0.2) is 29.2 Å². The van der Waals surface area contributed by atoms with Crippen LogP contribution in [0.3, 0.4) is 0 Å². The van der Waals surface area contributed by atoms with Crippen molar-refractivity contribution in [1.29, 1.82) is 0 Å². The highest BCUT2D eigenvalue weighted by molar-refractivity contribution is 7.97. The van der Waals surface area contributed by atoms with Crippen molar-refractivity contribution in [3.05, 3.63) is 29.8 Å². The largest absolute Gasteiger partial charge is 0.434 e. The predicted octanol–water partition coefficient (Wildman–Crippen LogP) is 3.48. The third-order valence-electron chi connectivity index (χ3n) is 5.46. The fourth-order valence-electron chi connectivity index (χ4n) is 3.66. The number of piperidine rings is 1. The molecule has 0 bridgehead atoms. The Hall–Kier alpha value is -1.49. The first-order valence-electron chi connectivity index (χ1n) is 10.0. The molecule has 0 aliphatic carbocycles. The maximum absolute atomic E-state index is 12.7. The number of morpholine rings is 1. The van der Waals surface area contributed by atoms with Gasteiger partial charge in [0, 0.05) is 31.1 Å². The molecule has 2 heterocycles. The van der Waals surface area contributed by atoms with Gasteiger partial charge in [-0.3, -0.25) is 0 Å². The maximum atomic E-state index is 12.7. The molecule has 1 amide bonds. The Morgan fingerprint density at radius 1 is 1.33 bits per heavy atom. The number of rotatable bonds is 5. The molecule has 1 spiro atoms. The summed E-state index contributed by atoms with van der Waals surface area (Å²) < 4.78 is 50.9. The fourth-order valence-corrected chi connectivity index (χ4v) is 4.77. The summed E-state index contributed by atoms with van der Waals surface area (Å²) in [4.78, 5) is 14.5. The summed E-state index contributed by atoms with van der Waals surface area (Å²) in [5.74, 6) is 0. The van der Waals surface area contributed by atoms with E-state index in [-0.39, 0.29) is 13.1 Å². The third kappa shape index (κ3) is 5.81. The number of benzene rings is 1. The number of amides is 1. The molecule has 2 aliphatic heterocycles. The Morgan fingerprint density at radius 3 is 2.70 bits per heavy atom. The number of nitrogens with zero attached hydrogens (tertiary/aromatic N) is 2. The Labute approximate surface area is 178 Å². The van der Waals surface area contributed by atoms with Crippen LogP contribution >= 0.6 is 11.9 Å². The van der Waals surface area contributed by atoms with E-state index in [4.69, 9.17) is 9.84 Å². The molecule has 168 valence electrons. The van der Waals surface area contributed by atoms with Gasteiger partial charge < -0.3 is 19.5 Å². The highest BCUT2D eigenvalue weighted by Crippen LogP contribution is 2.35. The molecular formula is C20H27F3N2O4S. The monoisotopic (exact) mass is 448 g/mol. The van der Waals surface area contributed by atoms with Crippen LogP contribution in [0.1, 0.15) is 25.3 Å². The van der Waals surface area contributed by atoms with Crippen LogP contribution in [-0.4, -0.2) is 77.7 Å². The van der Waals surface area contributed by atoms with Gasteiger partial charge in [-0.1, -0.05) is 19.1 Å². The summed E-state index contributed by atoms with van der Waals surface area (Å²) in [6.45, 7) is 3.34. The molecule has 2 fully saturated rings. The number of carbonyl (C=O) groups is 1. The van der Waals surface area contributed by atoms with E-state index in [0.717, 1.165) is 17.9 Å². The second kappa shape index (κ2) is 9.76. The molecule has 0 radical (unpaired) electrons. The lowest BCUT2D eigenvalue weighted by atomic mass is 9.90. The molecule has 0 aromatic heterocycles. The van der Waals surface area contributed by atoms with E-state index in [1.165, 1.54) is 10.5 Å². The van der Waals surface area contributed by atoms with Crippen molar-refractivity contribution < 1.29 is 32.5 Å². The van der Waals surface area contributed by atoms with E-state index in [0.29, 0.717) is 26.0 Å². The Bertz CT molecular complexity index is 726. The highest BCUT2D eigenvalue weighted by atomic mass is 32.2. The van der Waals surface area contributed by atoms with Crippen LogP contribution in [-0.2, 0) is 15.9 Å². The number of hydrogen-bond acceptors (Lipinski definition) is 6. The number of aliphatic hydroxyl groups excluding tert-OH is 1. The number of ether oxygens (including phenoxy) is 2. The summed E-state index contributed by atoms with van der Waals surface area (Å²) >= 11 is 1.68. The summed E-state index contributed by atoms with van der Waals surface area (Å²) in [5.41, 5.74) is 0.847. The van der Waals surface area contributed by atoms with Crippen LogP contribution in [0.2, 0.25) is 0 Å². The first-order chi connectivity index (χ1) is 14.2. The highest BCUT2D eigenvalue weighted by Gasteiger charge is 2.45. The van der Waals surface area contributed by atoms with E-state index in [9.17, 15) is 18.0 Å². The fraction of sp³-hybridized carbons (Fsp3) is 0.650. The summed E-state index contributed by atoms with van der Waals surface area (Å²) in [6.07, 6.45) is -6.34. The molecule has 2 saturated heterocycles. The zero-order valence-electron chi connectivity index (χ0n) is 16.9. The lowest BCUT2D eigenvalue weighted by Crippen LogP contribution is -2.56. The van der Waals surface area contributed by atoms with Crippen molar-refractivity contribution >= 4 is 18.0 Å². The minimum atomic E-state index is -4.79. The summed E-state index contributed by atoms with van der Waals surface area (Å²) in [6, 6.07) is 8.38. The predicted molar refractivity (Wildman–Crippen MR) is 106 cm³/mol. The van der Waals surface area contributed by atoms with Gasteiger partial charge >= 0.3 is 12.3 Å². The molecule has 1 atom stereocenters. The summed E-state index contributed by atoms with van der Waals surface area (Å²) in [5, 5.41) is 8.85. The number of halogens is 3. The van der Waals surface area contributed by atoms with Crippen LogP contribution in [0.5, 0.6) is 0 Å². The maximum Gasteiger partial charge on any atom is 0.427 e. The van der Waals surface area contributed by atoms with Crippen molar-refractivity contribution in [3.8, 4) is 0 Å². The molecule has 1 aromatic rings. The lowest BCUT2D eigenvalue weighted by Gasteiger charge is -2.46. The standard InChI is InChI=1S/C20H27F3N2O4S/c1-2-15-4-3-5-16(12-15)30-25-10-11-28-19(14-25)6-8-24(9-7-19)18(27)29-17(13-26)20(21,22)23/h3-5,12,17,26H,2,6-11,13-14H2,1H3. The molecule has 10 heteroatoms. The van der Waals surface area contributed by atoms with Crippen molar-refractivity contribution in [2.75, 3.05) is 39.4 Å². The molecule has 30 heavy (non-hydrogen) atoms. The Morgan fingerprint density at radius 2 is 2.07 bits per heavy atom. The van der Waals surface area contributed by atoms with Gasteiger partial charge in [-0.25, -0.2) is 9.10 Å². The second-order valence-electron chi connectivity index (χ2n) is 7.57. The van der Waals surface area contributed by atoms with Crippen molar-refractivity contribution in [1.82, 2.24) is 9.21 Å². The third-order valence-corrected chi connectivity index (χ3v) is 6.50. The molecule has 0 saturated carbocycles. The van der Waals surface area contributed by atoms with Gasteiger partial charge in [-0.05, 0) is 48.9 Å². The van der Waals surface area contributed by atoms with Crippen molar-refractivity contribution in [3.63, 3.8) is 0 Å². The van der Waals surface area contributed by atoms with Gasteiger partial charge in [0.25, 0.3) is 0 Å². The molecule has 6 nitrogen and oxygen atoms in total. The van der Waals surface area contributed by atoms with Crippen molar-refractivity contribution in [2.45, 2.75) is 49.0 Å². The number of hydrogen-bond donors (Lipinski definition) is 1. The van der Waals surface area contributed by atoms with Gasteiger partial charge in [0.1, 0.15) is 0 Å². The zero-order valence-corrected chi connectivity index (χ0v) is 17.7. The number of aryl methyl sites for hydroxylation is 1. The molecule has 1 aromatic carbocycles. The quantitative estimate of drug-likeness (QED) is 0.696. The Kier molecular flexibility index (Phi) is 7.54.